The second kappa shape index (κ2) is 8.09. The lowest BCUT2D eigenvalue weighted by atomic mass is 9.96. The Bertz CT molecular complexity index is 699. The van der Waals surface area contributed by atoms with Crippen molar-refractivity contribution in [3.05, 3.63) is 35.6 Å². The number of piperidine rings is 1. The van der Waals surface area contributed by atoms with Crippen LogP contribution in [0.4, 0.5) is 9.18 Å². The fourth-order valence-electron chi connectivity index (χ4n) is 3.58. The molecule has 27 heavy (non-hydrogen) atoms. The molecular formula is C20H28FN3O2S. The summed E-state index contributed by atoms with van der Waals surface area (Å²) in [4.78, 5) is 28.3. The predicted octanol–water partition coefficient (Wildman–Crippen LogP) is 3.62. The maximum absolute atomic E-state index is 14.2. The molecular weight excluding hydrogens is 365 g/mol. The van der Waals surface area contributed by atoms with Gasteiger partial charge in [0.25, 0.3) is 0 Å². The van der Waals surface area contributed by atoms with E-state index < -0.39 is 0 Å². The second-order valence-corrected chi connectivity index (χ2v) is 9.41. The standard InChI is InChI=1S/C20H28FN3O2S/c1-20(2,3)22-19(26)23-10-8-14(9-11-23)12-24-17(25)13-27-18(24)15-6-4-5-7-16(15)21/h4-7,14,18H,8-13H2,1-3H3,(H,22,26)/t18-/m1/s1. The molecule has 1 N–H and O–H groups in total. The smallest absolute Gasteiger partial charge is 0.317 e. The Balaban J connectivity index is 1.58. The summed E-state index contributed by atoms with van der Waals surface area (Å²) in [6, 6.07) is 6.66. The summed E-state index contributed by atoms with van der Waals surface area (Å²) >= 11 is 1.49. The van der Waals surface area contributed by atoms with Crippen molar-refractivity contribution in [3.63, 3.8) is 0 Å². The molecule has 2 aliphatic rings. The van der Waals surface area contributed by atoms with Crippen LogP contribution < -0.4 is 5.32 Å². The summed E-state index contributed by atoms with van der Waals surface area (Å²) in [5.74, 6) is 0.538. The van der Waals surface area contributed by atoms with Crippen molar-refractivity contribution in [1.29, 1.82) is 0 Å². The molecule has 0 bridgehead atoms. The number of hydrogen-bond acceptors (Lipinski definition) is 3. The first kappa shape index (κ1) is 20.0. The van der Waals surface area contributed by atoms with Gasteiger partial charge in [0.1, 0.15) is 11.2 Å². The molecule has 2 aliphatic heterocycles. The Kier molecular flexibility index (Phi) is 5.99. The van der Waals surface area contributed by atoms with Crippen LogP contribution in [-0.4, -0.2) is 52.7 Å². The Hall–Kier alpha value is -1.76. The number of nitrogens with one attached hydrogen (secondary N) is 1. The van der Waals surface area contributed by atoms with Crippen molar-refractivity contribution in [2.75, 3.05) is 25.4 Å². The lowest BCUT2D eigenvalue weighted by Crippen LogP contribution is -2.51. The van der Waals surface area contributed by atoms with E-state index in [4.69, 9.17) is 0 Å². The predicted molar refractivity (Wildman–Crippen MR) is 106 cm³/mol. The maximum atomic E-state index is 14.2. The minimum atomic E-state index is -0.261. The number of amides is 3. The minimum Gasteiger partial charge on any atom is -0.333 e. The van der Waals surface area contributed by atoms with E-state index in [-0.39, 0.29) is 28.7 Å². The van der Waals surface area contributed by atoms with Crippen molar-refractivity contribution in [2.24, 2.45) is 5.92 Å². The Morgan fingerprint density at radius 2 is 1.93 bits per heavy atom. The third-order valence-corrected chi connectivity index (χ3v) is 6.22. The van der Waals surface area contributed by atoms with Gasteiger partial charge in [-0.3, -0.25) is 4.79 Å². The van der Waals surface area contributed by atoms with Gasteiger partial charge in [-0.05, 0) is 45.6 Å². The first-order valence-electron chi connectivity index (χ1n) is 9.47. The molecule has 0 spiro atoms. The zero-order valence-electron chi connectivity index (χ0n) is 16.2. The molecule has 3 amide bonds. The Labute approximate surface area is 164 Å². The van der Waals surface area contributed by atoms with E-state index in [1.807, 2.05) is 36.6 Å². The van der Waals surface area contributed by atoms with Crippen LogP contribution in [0.15, 0.2) is 24.3 Å². The van der Waals surface area contributed by atoms with Crippen molar-refractivity contribution >= 4 is 23.7 Å². The molecule has 1 aromatic rings. The van der Waals surface area contributed by atoms with Gasteiger partial charge in [-0.1, -0.05) is 18.2 Å². The van der Waals surface area contributed by atoms with Crippen LogP contribution in [0, 0.1) is 11.7 Å². The number of carbonyl (C=O) groups excluding carboxylic acids is 2. The summed E-state index contributed by atoms with van der Waals surface area (Å²) in [6.07, 6.45) is 1.71. The highest BCUT2D eigenvalue weighted by Gasteiger charge is 2.36. The van der Waals surface area contributed by atoms with E-state index in [9.17, 15) is 14.0 Å². The van der Waals surface area contributed by atoms with Crippen LogP contribution in [0.5, 0.6) is 0 Å². The molecule has 7 heteroatoms. The number of benzene rings is 1. The topological polar surface area (TPSA) is 52.7 Å². The molecule has 0 aliphatic carbocycles. The Morgan fingerprint density at radius 3 is 2.56 bits per heavy atom. The third kappa shape index (κ3) is 4.94. The number of likely N-dealkylation sites (tertiary alicyclic amines) is 1. The summed E-state index contributed by atoms with van der Waals surface area (Å²) in [5.41, 5.74) is 0.329. The van der Waals surface area contributed by atoms with E-state index in [0.29, 0.717) is 36.9 Å². The number of urea groups is 1. The number of rotatable bonds is 3. The molecule has 0 unspecified atom stereocenters. The lowest BCUT2D eigenvalue weighted by molar-refractivity contribution is -0.128. The van der Waals surface area contributed by atoms with E-state index in [2.05, 4.69) is 5.32 Å². The van der Waals surface area contributed by atoms with Gasteiger partial charge < -0.3 is 15.1 Å². The van der Waals surface area contributed by atoms with E-state index in [1.54, 1.807) is 12.1 Å². The molecule has 2 saturated heterocycles. The van der Waals surface area contributed by atoms with Crippen molar-refractivity contribution in [1.82, 2.24) is 15.1 Å². The minimum absolute atomic E-state index is 0.0296. The molecule has 0 radical (unpaired) electrons. The fourth-order valence-corrected chi connectivity index (χ4v) is 4.80. The number of nitrogens with zero attached hydrogens (tertiary/aromatic N) is 2. The van der Waals surface area contributed by atoms with Gasteiger partial charge in [-0.15, -0.1) is 11.8 Å². The molecule has 2 fully saturated rings. The van der Waals surface area contributed by atoms with Crippen molar-refractivity contribution < 1.29 is 14.0 Å². The Morgan fingerprint density at radius 1 is 1.26 bits per heavy atom. The lowest BCUT2D eigenvalue weighted by Gasteiger charge is -2.36. The molecule has 0 saturated carbocycles. The zero-order chi connectivity index (χ0) is 19.6. The highest BCUT2D eigenvalue weighted by Crippen LogP contribution is 2.40. The molecule has 1 aromatic carbocycles. The normalized spacial score (nSPS) is 21.6. The van der Waals surface area contributed by atoms with Crippen molar-refractivity contribution in [2.45, 2.75) is 44.5 Å². The van der Waals surface area contributed by atoms with E-state index >= 15 is 0 Å². The highest BCUT2D eigenvalue weighted by molar-refractivity contribution is 8.00. The van der Waals surface area contributed by atoms with Crippen LogP contribution in [0.1, 0.15) is 44.6 Å². The van der Waals surface area contributed by atoms with Gasteiger partial charge in [0.15, 0.2) is 0 Å². The van der Waals surface area contributed by atoms with Crippen LogP contribution in [0.3, 0.4) is 0 Å². The third-order valence-electron chi connectivity index (χ3n) is 4.98. The van der Waals surface area contributed by atoms with Gasteiger partial charge in [0.05, 0.1) is 5.75 Å². The van der Waals surface area contributed by atoms with E-state index in [1.165, 1.54) is 17.8 Å². The van der Waals surface area contributed by atoms with Crippen molar-refractivity contribution in [3.8, 4) is 0 Å². The molecule has 148 valence electrons. The van der Waals surface area contributed by atoms with Crippen LogP contribution in [0.25, 0.3) is 0 Å². The van der Waals surface area contributed by atoms with Crippen LogP contribution in [0.2, 0.25) is 0 Å². The summed E-state index contributed by atoms with van der Waals surface area (Å²) in [7, 11) is 0. The fraction of sp³-hybridized carbons (Fsp3) is 0.600. The van der Waals surface area contributed by atoms with Gasteiger partial charge >= 0.3 is 6.03 Å². The first-order chi connectivity index (χ1) is 12.7. The van der Waals surface area contributed by atoms with E-state index in [0.717, 1.165) is 12.8 Å². The number of thioether (sulfide) groups is 1. The molecule has 5 nitrogen and oxygen atoms in total. The first-order valence-corrected chi connectivity index (χ1v) is 10.5. The summed E-state index contributed by atoms with van der Waals surface area (Å²) in [6.45, 7) is 7.91. The maximum Gasteiger partial charge on any atom is 0.317 e. The quantitative estimate of drug-likeness (QED) is 0.853. The number of hydrogen-bond donors (Lipinski definition) is 1. The summed E-state index contributed by atoms with van der Waals surface area (Å²) < 4.78 is 14.2. The van der Waals surface area contributed by atoms with Gasteiger partial charge in [0, 0.05) is 30.7 Å². The largest absolute Gasteiger partial charge is 0.333 e. The van der Waals surface area contributed by atoms with Crippen LogP contribution >= 0.6 is 11.8 Å². The average molecular weight is 394 g/mol. The molecule has 3 rings (SSSR count). The zero-order valence-corrected chi connectivity index (χ0v) is 17.0. The highest BCUT2D eigenvalue weighted by atomic mass is 32.2. The molecule has 0 aromatic heterocycles. The summed E-state index contributed by atoms with van der Waals surface area (Å²) in [5, 5.41) is 2.75. The van der Waals surface area contributed by atoms with Crippen LogP contribution in [-0.2, 0) is 4.79 Å². The average Bonchev–Trinajstić information content (AvgIpc) is 2.95. The molecule has 1 atom stereocenters. The van der Waals surface area contributed by atoms with Gasteiger partial charge in [0.2, 0.25) is 5.91 Å². The monoisotopic (exact) mass is 393 g/mol. The van der Waals surface area contributed by atoms with Gasteiger partial charge in [-0.25, -0.2) is 9.18 Å². The molecule has 2 heterocycles. The van der Waals surface area contributed by atoms with Gasteiger partial charge in [-0.2, -0.15) is 0 Å². The SMILES string of the molecule is CC(C)(C)NC(=O)N1CCC(CN2C(=O)CS[C@@H]2c2ccccc2F)CC1. The second-order valence-electron chi connectivity index (χ2n) is 8.34. The number of halogens is 1. The number of carbonyl (C=O) groups is 2.